The number of Topliss-reactive ketones (excluding diaryl/α,β-unsaturated/α-hetero) is 1. The number of anilines is 1. The topological polar surface area (TPSA) is 114 Å². The smallest absolute Gasteiger partial charge is 0.274 e. The fourth-order valence-corrected chi connectivity index (χ4v) is 4.70. The molecular weight excluding hydrogens is 452 g/mol. The Kier molecular flexibility index (Phi) is 6.69. The van der Waals surface area contributed by atoms with Crippen molar-refractivity contribution in [2.24, 2.45) is 5.92 Å². The van der Waals surface area contributed by atoms with Crippen LogP contribution >= 0.6 is 11.3 Å². The maximum atomic E-state index is 13.3. The molecule has 0 saturated carbocycles. The van der Waals surface area contributed by atoms with Gasteiger partial charge in [-0.2, -0.15) is 4.98 Å². The average molecular weight is 479 g/mol. The Labute approximate surface area is 201 Å². The normalized spacial score (nSPS) is 14.4. The summed E-state index contributed by atoms with van der Waals surface area (Å²) in [6.07, 6.45) is 6.82. The van der Waals surface area contributed by atoms with Gasteiger partial charge in [0, 0.05) is 37.8 Å². The highest BCUT2D eigenvalue weighted by Gasteiger charge is 2.35. The van der Waals surface area contributed by atoms with Gasteiger partial charge in [-0.15, -0.1) is 11.3 Å². The molecule has 0 unspecified atom stereocenters. The van der Waals surface area contributed by atoms with Crippen LogP contribution in [0.1, 0.15) is 58.2 Å². The molecule has 9 nitrogen and oxygen atoms in total. The van der Waals surface area contributed by atoms with Gasteiger partial charge >= 0.3 is 0 Å². The fourth-order valence-electron chi connectivity index (χ4n) is 3.86. The predicted octanol–water partition coefficient (Wildman–Crippen LogP) is 4.54. The number of carbonyl (C=O) groups is 2. The van der Waals surface area contributed by atoms with Gasteiger partial charge in [-0.05, 0) is 31.5 Å². The number of nitrogens with one attached hydrogen (secondary N) is 1. The van der Waals surface area contributed by atoms with Crippen molar-refractivity contribution in [1.29, 1.82) is 0 Å². The maximum absolute atomic E-state index is 13.3. The van der Waals surface area contributed by atoms with Gasteiger partial charge in [0.05, 0.1) is 22.9 Å². The summed E-state index contributed by atoms with van der Waals surface area (Å²) in [4.78, 5) is 45.0. The molecule has 0 spiro atoms. The number of pyridine rings is 1. The van der Waals surface area contributed by atoms with Crippen LogP contribution in [0.3, 0.4) is 0 Å². The molecule has 1 amide bonds. The van der Waals surface area contributed by atoms with E-state index >= 15 is 0 Å². The molecule has 5 heterocycles. The van der Waals surface area contributed by atoms with E-state index < -0.39 is 0 Å². The molecule has 4 aromatic heterocycles. The number of likely N-dealkylation sites (tertiary alicyclic amines) is 1. The number of fused-ring (bicyclic) bond motifs is 1. The molecule has 1 aliphatic heterocycles. The van der Waals surface area contributed by atoms with Gasteiger partial charge in [0.25, 0.3) is 5.91 Å². The Morgan fingerprint density at radius 1 is 1.26 bits per heavy atom. The zero-order valence-corrected chi connectivity index (χ0v) is 19.0. The predicted molar refractivity (Wildman–Crippen MR) is 130 cm³/mol. The largest absolute Gasteiger partial charge is 0.472 e. The Balaban J connectivity index is 0.00000274. The van der Waals surface area contributed by atoms with E-state index in [1.165, 1.54) is 23.9 Å². The Bertz CT molecular complexity index is 1300. The number of aromatic nitrogens is 4. The maximum Gasteiger partial charge on any atom is 0.274 e. The molecule has 5 rings (SSSR count). The van der Waals surface area contributed by atoms with Crippen LogP contribution < -0.4 is 5.32 Å². The van der Waals surface area contributed by atoms with E-state index in [0.29, 0.717) is 47.1 Å². The van der Waals surface area contributed by atoms with Gasteiger partial charge in [0.1, 0.15) is 11.0 Å². The minimum Gasteiger partial charge on any atom is -0.472 e. The number of ketones is 1. The molecule has 10 heteroatoms. The van der Waals surface area contributed by atoms with Gasteiger partial charge < -0.3 is 14.6 Å². The Morgan fingerprint density at radius 2 is 2.09 bits per heavy atom. The highest BCUT2D eigenvalue weighted by Crippen LogP contribution is 2.29. The first-order valence-electron chi connectivity index (χ1n) is 10.6. The first-order chi connectivity index (χ1) is 16.0. The van der Waals surface area contributed by atoms with Gasteiger partial charge in [-0.25, -0.2) is 9.97 Å². The summed E-state index contributed by atoms with van der Waals surface area (Å²) in [5.74, 6) is 0.328. The highest BCUT2D eigenvalue weighted by molar-refractivity contribution is 7.18. The SMILES string of the molecule is C.Cc1nc2nc(N[C@@H](C)c3cccnc3)nc(C(=O)N3CC(CC(=O)c4ccoc4)C3)c2s1. The van der Waals surface area contributed by atoms with Crippen LogP contribution in [0, 0.1) is 12.8 Å². The molecule has 0 aliphatic carbocycles. The summed E-state index contributed by atoms with van der Waals surface area (Å²) in [6.45, 7) is 4.89. The molecule has 1 atom stereocenters. The minimum atomic E-state index is -0.171. The first-order valence-corrected chi connectivity index (χ1v) is 11.5. The van der Waals surface area contributed by atoms with E-state index in [2.05, 4.69) is 25.3 Å². The van der Waals surface area contributed by atoms with E-state index in [9.17, 15) is 9.59 Å². The lowest BCUT2D eigenvalue weighted by molar-refractivity contribution is 0.0466. The highest BCUT2D eigenvalue weighted by atomic mass is 32.1. The number of nitrogens with zero attached hydrogens (tertiary/aromatic N) is 5. The molecule has 4 aromatic rings. The van der Waals surface area contributed by atoms with Crippen molar-refractivity contribution in [1.82, 2.24) is 24.8 Å². The third-order valence-corrected chi connectivity index (χ3v) is 6.62. The first kappa shape index (κ1) is 23.5. The number of rotatable bonds is 7. The van der Waals surface area contributed by atoms with Crippen LogP contribution in [0.5, 0.6) is 0 Å². The van der Waals surface area contributed by atoms with Crippen molar-refractivity contribution < 1.29 is 14.0 Å². The Hall–Kier alpha value is -3.66. The molecule has 1 saturated heterocycles. The number of hydrogen-bond donors (Lipinski definition) is 1. The second kappa shape index (κ2) is 9.68. The van der Waals surface area contributed by atoms with E-state index in [-0.39, 0.29) is 31.1 Å². The number of furan rings is 1. The van der Waals surface area contributed by atoms with Gasteiger partial charge in [0.2, 0.25) is 5.95 Å². The monoisotopic (exact) mass is 478 g/mol. The zero-order valence-electron chi connectivity index (χ0n) is 18.2. The van der Waals surface area contributed by atoms with E-state index in [4.69, 9.17) is 4.42 Å². The molecule has 34 heavy (non-hydrogen) atoms. The summed E-state index contributed by atoms with van der Waals surface area (Å²) < 4.78 is 5.66. The third kappa shape index (κ3) is 4.67. The molecular formula is C24H26N6O3S. The number of hydrogen-bond acceptors (Lipinski definition) is 9. The van der Waals surface area contributed by atoms with Crippen molar-refractivity contribution >= 4 is 39.3 Å². The lowest BCUT2D eigenvalue weighted by Crippen LogP contribution is -2.50. The summed E-state index contributed by atoms with van der Waals surface area (Å²) in [5.41, 5.74) is 2.39. The lowest BCUT2D eigenvalue weighted by atomic mass is 9.92. The van der Waals surface area contributed by atoms with Crippen molar-refractivity contribution in [2.75, 3.05) is 18.4 Å². The van der Waals surface area contributed by atoms with Crippen LogP contribution in [0.4, 0.5) is 5.95 Å². The van der Waals surface area contributed by atoms with E-state index in [0.717, 1.165) is 10.6 Å². The molecule has 0 aromatic carbocycles. The number of carbonyl (C=O) groups excluding carboxylic acids is 2. The van der Waals surface area contributed by atoms with Crippen LogP contribution in [0.25, 0.3) is 10.3 Å². The van der Waals surface area contributed by atoms with Gasteiger partial charge in [-0.1, -0.05) is 13.5 Å². The standard InChI is InChI=1S/C23H22N6O3S.CH4/c1-13(16-4-3-6-24-9-16)25-23-27-19(20-21(28-23)26-14(2)33-20)22(31)29-10-15(11-29)8-18(30)17-5-7-32-12-17;/h3-7,9,12-13,15H,8,10-11H2,1-2H3,(H,25,27,28);1H4/t13-;/m0./s1. The molecule has 1 aliphatic rings. The number of thiazole rings is 1. The van der Waals surface area contributed by atoms with Crippen LogP contribution in [-0.2, 0) is 0 Å². The van der Waals surface area contributed by atoms with Crippen molar-refractivity contribution in [2.45, 2.75) is 33.7 Å². The second-order valence-corrected chi connectivity index (χ2v) is 9.35. The third-order valence-electron chi connectivity index (χ3n) is 5.65. The van der Waals surface area contributed by atoms with Crippen molar-refractivity contribution in [3.63, 3.8) is 0 Å². The van der Waals surface area contributed by atoms with Crippen molar-refractivity contribution in [3.8, 4) is 0 Å². The van der Waals surface area contributed by atoms with Crippen LogP contribution in [0.15, 0.2) is 47.5 Å². The Morgan fingerprint density at radius 3 is 2.79 bits per heavy atom. The zero-order chi connectivity index (χ0) is 22.9. The van der Waals surface area contributed by atoms with Crippen molar-refractivity contribution in [3.05, 3.63) is 64.9 Å². The number of aryl methyl sites for hydroxylation is 1. The quantitative estimate of drug-likeness (QED) is 0.385. The summed E-state index contributed by atoms with van der Waals surface area (Å²) in [6, 6.07) is 5.40. The average Bonchev–Trinajstić information content (AvgIpc) is 3.44. The molecule has 0 bridgehead atoms. The molecule has 0 radical (unpaired) electrons. The lowest BCUT2D eigenvalue weighted by Gasteiger charge is -2.38. The molecule has 176 valence electrons. The summed E-state index contributed by atoms with van der Waals surface area (Å²) in [5, 5.41) is 4.08. The van der Waals surface area contributed by atoms with Gasteiger partial charge in [0.15, 0.2) is 17.1 Å². The van der Waals surface area contributed by atoms with Crippen LogP contribution in [0.2, 0.25) is 0 Å². The van der Waals surface area contributed by atoms with E-state index in [1.54, 1.807) is 23.4 Å². The summed E-state index contributed by atoms with van der Waals surface area (Å²) >= 11 is 1.41. The summed E-state index contributed by atoms with van der Waals surface area (Å²) in [7, 11) is 0. The fraction of sp³-hybridized carbons (Fsp3) is 0.333. The second-order valence-electron chi connectivity index (χ2n) is 8.15. The van der Waals surface area contributed by atoms with E-state index in [1.807, 2.05) is 26.0 Å². The van der Waals surface area contributed by atoms with Gasteiger partial charge in [-0.3, -0.25) is 14.6 Å². The number of amides is 1. The van der Waals surface area contributed by atoms with Crippen LogP contribution in [-0.4, -0.2) is 49.6 Å². The molecule has 1 fully saturated rings. The minimum absolute atomic E-state index is 0. The molecule has 1 N–H and O–H groups in total.